The average molecular weight is 384 g/mol. The van der Waals surface area contributed by atoms with Gasteiger partial charge in [0, 0.05) is 42.5 Å². The fourth-order valence-electron chi connectivity index (χ4n) is 3.40. The van der Waals surface area contributed by atoms with Crippen LogP contribution in [0.4, 0.5) is 9.18 Å². The first kappa shape index (κ1) is 19.8. The van der Waals surface area contributed by atoms with Gasteiger partial charge in [0.1, 0.15) is 5.82 Å². The number of urea groups is 1. The molecule has 0 saturated heterocycles. The van der Waals surface area contributed by atoms with Gasteiger partial charge in [0.15, 0.2) is 0 Å². The lowest BCUT2D eigenvalue weighted by Crippen LogP contribution is -2.33. The fourth-order valence-corrected chi connectivity index (χ4v) is 3.40. The number of pyridine rings is 1. The Labute approximate surface area is 163 Å². The van der Waals surface area contributed by atoms with Crippen molar-refractivity contribution in [2.45, 2.75) is 38.6 Å². The molecule has 3 rings (SSSR count). The molecule has 0 radical (unpaired) electrons. The highest BCUT2D eigenvalue weighted by Gasteiger charge is 2.10. The Hall–Kier alpha value is -2.93. The number of fused-ring (bicyclic) bond motifs is 1. The number of hydroxylamine groups is 2. The number of aromatic nitrogens is 2. The van der Waals surface area contributed by atoms with Crippen LogP contribution >= 0.6 is 0 Å². The van der Waals surface area contributed by atoms with E-state index in [0.717, 1.165) is 47.8 Å². The summed E-state index contributed by atoms with van der Waals surface area (Å²) in [7, 11) is 0. The van der Waals surface area contributed by atoms with Crippen molar-refractivity contribution in [3.8, 4) is 0 Å². The topological polar surface area (TPSA) is 84.4 Å². The first-order valence-electron chi connectivity index (χ1n) is 9.46. The molecule has 0 saturated carbocycles. The standard InChI is InChI=1S/C21H25FN4O2/c22-18-7-8-20-19(13-18)17(12-16-6-5-9-24-14-16)15-25(20)10-3-1-2-4-11-26(28)21(23)27/h5-9,13-15,28H,1-4,10-12H2,(H2,23,27). The predicted molar refractivity (Wildman–Crippen MR) is 105 cm³/mol. The third kappa shape index (κ3) is 5.07. The van der Waals surface area contributed by atoms with Crippen LogP contribution in [0.5, 0.6) is 0 Å². The van der Waals surface area contributed by atoms with E-state index in [2.05, 4.69) is 15.7 Å². The number of amides is 2. The third-order valence-corrected chi connectivity index (χ3v) is 4.82. The van der Waals surface area contributed by atoms with Crippen LogP contribution in [-0.4, -0.2) is 32.4 Å². The number of hydrogen-bond acceptors (Lipinski definition) is 3. The number of rotatable bonds is 9. The zero-order chi connectivity index (χ0) is 19.9. The Bertz CT molecular complexity index is 927. The minimum Gasteiger partial charge on any atom is -0.350 e. The number of carbonyl (C=O) groups excluding carboxylic acids is 1. The normalized spacial score (nSPS) is 11.1. The Morgan fingerprint density at radius 3 is 2.79 bits per heavy atom. The summed E-state index contributed by atoms with van der Waals surface area (Å²) in [5.41, 5.74) is 8.18. The number of carbonyl (C=O) groups is 1. The lowest BCUT2D eigenvalue weighted by atomic mass is 10.1. The van der Waals surface area contributed by atoms with E-state index < -0.39 is 6.03 Å². The number of nitrogens with zero attached hydrogens (tertiary/aromatic N) is 3. The Balaban J connectivity index is 1.62. The Morgan fingerprint density at radius 2 is 2.04 bits per heavy atom. The summed E-state index contributed by atoms with van der Waals surface area (Å²) in [5, 5.41) is 10.7. The maximum absolute atomic E-state index is 13.8. The second-order valence-electron chi connectivity index (χ2n) is 6.92. The molecule has 0 aliphatic carbocycles. The maximum atomic E-state index is 13.8. The summed E-state index contributed by atoms with van der Waals surface area (Å²) in [6.07, 6.45) is 9.88. The second kappa shape index (κ2) is 9.32. The van der Waals surface area contributed by atoms with Gasteiger partial charge in [-0.15, -0.1) is 0 Å². The van der Waals surface area contributed by atoms with Crippen LogP contribution in [0.1, 0.15) is 36.8 Å². The Morgan fingerprint density at radius 1 is 1.21 bits per heavy atom. The molecule has 0 atom stereocenters. The van der Waals surface area contributed by atoms with Gasteiger partial charge >= 0.3 is 6.03 Å². The molecule has 148 valence electrons. The summed E-state index contributed by atoms with van der Waals surface area (Å²) in [6.45, 7) is 1.07. The van der Waals surface area contributed by atoms with Gasteiger partial charge in [-0.05, 0) is 48.2 Å². The minimum absolute atomic E-state index is 0.235. The van der Waals surface area contributed by atoms with Crippen LogP contribution in [0.15, 0.2) is 48.9 Å². The van der Waals surface area contributed by atoms with Crippen LogP contribution in [0.25, 0.3) is 10.9 Å². The predicted octanol–water partition coefficient (Wildman–Crippen LogP) is 4.10. The van der Waals surface area contributed by atoms with E-state index in [1.54, 1.807) is 12.3 Å². The van der Waals surface area contributed by atoms with Crippen molar-refractivity contribution in [3.05, 3.63) is 65.9 Å². The number of nitrogens with two attached hydrogens (primary N) is 1. The third-order valence-electron chi connectivity index (χ3n) is 4.82. The van der Waals surface area contributed by atoms with E-state index in [-0.39, 0.29) is 12.4 Å². The van der Waals surface area contributed by atoms with Crippen molar-refractivity contribution in [3.63, 3.8) is 0 Å². The van der Waals surface area contributed by atoms with Gasteiger partial charge in [0.2, 0.25) is 0 Å². The van der Waals surface area contributed by atoms with Gasteiger partial charge in [0.05, 0.1) is 6.54 Å². The number of hydrogen-bond donors (Lipinski definition) is 2. The highest BCUT2D eigenvalue weighted by molar-refractivity contribution is 5.84. The van der Waals surface area contributed by atoms with E-state index in [1.165, 1.54) is 6.07 Å². The van der Waals surface area contributed by atoms with E-state index in [9.17, 15) is 14.4 Å². The molecular weight excluding hydrogens is 359 g/mol. The van der Waals surface area contributed by atoms with Crippen molar-refractivity contribution >= 4 is 16.9 Å². The smallest absolute Gasteiger partial charge is 0.338 e. The van der Waals surface area contributed by atoms with Gasteiger partial charge in [-0.3, -0.25) is 10.2 Å². The van der Waals surface area contributed by atoms with E-state index in [4.69, 9.17) is 5.73 Å². The van der Waals surface area contributed by atoms with Crippen molar-refractivity contribution in [2.75, 3.05) is 6.54 Å². The summed E-state index contributed by atoms with van der Waals surface area (Å²) in [5.74, 6) is -0.235. The first-order valence-corrected chi connectivity index (χ1v) is 9.46. The molecule has 1 aromatic carbocycles. The van der Waals surface area contributed by atoms with Gasteiger partial charge in [-0.25, -0.2) is 14.2 Å². The van der Waals surface area contributed by atoms with E-state index in [0.29, 0.717) is 17.9 Å². The first-order chi connectivity index (χ1) is 13.5. The van der Waals surface area contributed by atoms with Crippen molar-refractivity contribution in [1.82, 2.24) is 14.6 Å². The average Bonchev–Trinajstić information content (AvgIpc) is 3.01. The molecule has 28 heavy (non-hydrogen) atoms. The maximum Gasteiger partial charge on any atom is 0.338 e. The van der Waals surface area contributed by atoms with Crippen LogP contribution in [-0.2, 0) is 13.0 Å². The molecule has 2 aromatic heterocycles. The van der Waals surface area contributed by atoms with Gasteiger partial charge in [-0.1, -0.05) is 18.9 Å². The lowest BCUT2D eigenvalue weighted by molar-refractivity contribution is -0.0403. The molecule has 2 heterocycles. The molecule has 0 aliphatic rings. The number of halogens is 1. The summed E-state index contributed by atoms with van der Waals surface area (Å²) in [4.78, 5) is 14.9. The summed E-state index contributed by atoms with van der Waals surface area (Å²) < 4.78 is 16.0. The zero-order valence-corrected chi connectivity index (χ0v) is 15.7. The summed E-state index contributed by atoms with van der Waals surface area (Å²) in [6, 6.07) is 8.01. The lowest BCUT2D eigenvalue weighted by Gasteiger charge is -2.11. The second-order valence-corrected chi connectivity index (χ2v) is 6.92. The Kier molecular flexibility index (Phi) is 6.60. The van der Waals surface area contributed by atoms with Gasteiger partial charge in [0.25, 0.3) is 0 Å². The number of benzene rings is 1. The quantitative estimate of drug-likeness (QED) is 0.331. The van der Waals surface area contributed by atoms with Crippen LogP contribution in [0.2, 0.25) is 0 Å². The number of unbranched alkanes of at least 4 members (excludes halogenated alkanes) is 3. The molecule has 7 heteroatoms. The van der Waals surface area contributed by atoms with Crippen LogP contribution < -0.4 is 5.73 Å². The molecule has 0 fully saturated rings. The van der Waals surface area contributed by atoms with Gasteiger partial charge in [-0.2, -0.15) is 0 Å². The van der Waals surface area contributed by atoms with Crippen molar-refractivity contribution in [1.29, 1.82) is 0 Å². The minimum atomic E-state index is -0.827. The largest absolute Gasteiger partial charge is 0.350 e. The fraction of sp³-hybridized carbons (Fsp3) is 0.333. The molecule has 0 bridgehead atoms. The number of aryl methyl sites for hydroxylation is 1. The van der Waals surface area contributed by atoms with Crippen molar-refractivity contribution in [2.24, 2.45) is 5.73 Å². The van der Waals surface area contributed by atoms with E-state index in [1.807, 2.05) is 24.4 Å². The zero-order valence-electron chi connectivity index (χ0n) is 15.7. The monoisotopic (exact) mass is 384 g/mol. The molecule has 0 unspecified atom stereocenters. The highest BCUT2D eigenvalue weighted by atomic mass is 19.1. The van der Waals surface area contributed by atoms with Gasteiger partial charge < -0.3 is 10.3 Å². The molecule has 0 aliphatic heterocycles. The summed E-state index contributed by atoms with van der Waals surface area (Å²) >= 11 is 0. The molecule has 6 nitrogen and oxygen atoms in total. The molecule has 3 aromatic rings. The van der Waals surface area contributed by atoms with E-state index >= 15 is 0 Å². The molecule has 0 spiro atoms. The van der Waals surface area contributed by atoms with Crippen LogP contribution in [0, 0.1) is 5.82 Å². The SMILES string of the molecule is NC(=O)N(O)CCCCCCn1cc(Cc2cccnc2)c2cc(F)ccc21. The molecule has 2 amide bonds. The van der Waals surface area contributed by atoms with Crippen molar-refractivity contribution < 1.29 is 14.4 Å². The molecule has 3 N–H and O–H groups in total. The number of primary amides is 1. The highest BCUT2D eigenvalue weighted by Crippen LogP contribution is 2.25. The molecular formula is C21H25FN4O2. The van der Waals surface area contributed by atoms with Crippen LogP contribution in [0.3, 0.4) is 0 Å².